The molecular formula is C31H41N3O2. The van der Waals surface area contributed by atoms with Crippen LogP contribution in [0.15, 0.2) is 48.5 Å². The van der Waals surface area contributed by atoms with Gasteiger partial charge in [0.25, 0.3) is 5.91 Å². The van der Waals surface area contributed by atoms with Gasteiger partial charge in [-0.25, -0.2) is 0 Å². The van der Waals surface area contributed by atoms with Gasteiger partial charge in [-0.1, -0.05) is 62.6 Å². The second kappa shape index (κ2) is 11.2. The molecule has 2 aromatic rings. The molecule has 3 aliphatic rings. The van der Waals surface area contributed by atoms with Gasteiger partial charge in [0.15, 0.2) is 0 Å². The standard InChI is InChI=1S/C31H41N3O2/c1-3-4-5-9-18-33(22(2)23-11-7-6-8-12-23)30(35)25-14-15-26-24(20-25)16-19-34-29(26)21-28-27(31(34)36)13-10-17-32-28/h6-8,11-12,14-15,20,22,27-29,32H,3-5,9-10,13,16-19,21H2,1-2H3/t22-,27-,28-,29-/m1/s1. The zero-order valence-electron chi connectivity index (χ0n) is 21.9. The number of carbonyl (C=O) groups excluding carboxylic acids is 2. The summed E-state index contributed by atoms with van der Waals surface area (Å²) in [5, 5.41) is 3.61. The number of rotatable bonds is 8. The zero-order chi connectivity index (χ0) is 25.1. The Kier molecular flexibility index (Phi) is 7.76. The van der Waals surface area contributed by atoms with Crippen molar-refractivity contribution in [3.8, 4) is 0 Å². The van der Waals surface area contributed by atoms with E-state index in [4.69, 9.17) is 0 Å². The van der Waals surface area contributed by atoms with Crippen LogP contribution in [-0.2, 0) is 11.2 Å². The van der Waals surface area contributed by atoms with Crippen LogP contribution < -0.4 is 5.32 Å². The van der Waals surface area contributed by atoms with Crippen LogP contribution in [0.5, 0.6) is 0 Å². The summed E-state index contributed by atoms with van der Waals surface area (Å²) in [5.74, 6) is 0.573. The van der Waals surface area contributed by atoms with Crippen molar-refractivity contribution in [3.63, 3.8) is 0 Å². The van der Waals surface area contributed by atoms with E-state index in [2.05, 4.69) is 53.2 Å². The lowest BCUT2D eigenvalue weighted by Gasteiger charge is -2.48. The number of carbonyl (C=O) groups is 2. The monoisotopic (exact) mass is 487 g/mol. The third-order valence-corrected chi connectivity index (χ3v) is 8.67. The molecule has 5 rings (SSSR count). The lowest BCUT2D eigenvalue weighted by molar-refractivity contribution is -0.145. The Morgan fingerprint density at radius 3 is 2.78 bits per heavy atom. The quantitative estimate of drug-likeness (QED) is 0.488. The third kappa shape index (κ3) is 4.95. The molecule has 0 radical (unpaired) electrons. The van der Waals surface area contributed by atoms with Gasteiger partial charge >= 0.3 is 0 Å². The van der Waals surface area contributed by atoms with E-state index in [-0.39, 0.29) is 30.0 Å². The second-order valence-electron chi connectivity index (χ2n) is 10.9. The van der Waals surface area contributed by atoms with Gasteiger partial charge in [-0.15, -0.1) is 0 Å². The van der Waals surface area contributed by atoms with Crippen molar-refractivity contribution in [1.82, 2.24) is 15.1 Å². The Bertz CT molecular complexity index is 1070. The Morgan fingerprint density at radius 2 is 1.97 bits per heavy atom. The predicted octanol–water partition coefficient (Wildman–Crippen LogP) is 5.67. The molecule has 2 aromatic carbocycles. The summed E-state index contributed by atoms with van der Waals surface area (Å²) in [6, 6.07) is 17.1. The van der Waals surface area contributed by atoms with Crippen molar-refractivity contribution < 1.29 is 9.59 Å². The van der Waals surface area contributed by atoms with Crippen LogP contribution in [-0.4, -0.2) is 47.3 Å². The average molecular weight is 488 g/mol. The number of unbranched alkanes of at least 4 members (excludes halogenated alkanes) is 3. The molecule has 36 heavy (non-hydrogen) atoms. The molecule has 4 atom stereocenters. The summed E-state index contributed by atoms with van der Waals surface area (Å²) in [5.41, 5.74) is 4.42. The van der Waals surface area contributed by atoms with Crippen molar-refractivity contribution >= 4 is 11.8 Å². The van der Waals surface area contributed by atoms with Gasteiger partial charge in [0.1, 0.15) is 0 Å². The number of piperidine rings is 2. The van der Waals surface area contributed by atoms with E-state index in [1.54, 1.807) is 0 Å². The molecule has 2 saturated heterocycles. The van der Waals surface area contributed by atoms with E-state index in [0.29, 0.717) is 5.91 Å². The normalized spacial score (nSPS) is 23.9. The molecule has 0 saturated carbocycles. The molecule has 2 amide bonds. The van der Waals surface area contributed by atoms with E-state index in [0.717, 1.165) is 63.7 Å². The Labute approximate surface area is 216 Å². The number of nitrogens with zero attached hydrogens (tertiary/aromatic N) is 2. The molecule has 3 heterocycles. The summed E-state index contributed by atoms with van der Waals surface area (Å²) in [7, 11) is 0. The van der Waals surface area contributed by atoms with E-state index in [1.165, 1.54) is 29.5 Å². The second-order valence-corrected chi connectivity index (χ2v) is 10.9. The van der Waals surface area contributed by atoms with Crippen molar-refractivity contribution in [2.24, 2.45) is 5.92 Å². The van der Waals surface area contributed by atoms with Gasteiger partial charge < -0.3 is 15.1 Å². The Balaban J connectivity index is 1.38. The molecule has 2 fully saturated rings. The maximum absolute atomic E-state index is 13.9. The molecule has 5 heteroatoms. The van der Waals surface area contributed by atoms with E-state index in [9.17, 15) is 9.59 Å². The molecule has 192 valence electrons. The first-order valence-corrected chi connectivity index (χ1v) is 14.1. The summed E-state index contributed by atoms with van der Waals surface area (Å²) >= 11 is 0. The largest absolute Gasteiger partial charge is 0.335 e. The topological polar surface area (TPSA) is 52.7 Å². The van der Waals surface area contributed by atoms with Gasteiger partial charge in [-0.2, -0.15) is 0 Å². The van der Waals surface area contributed by atoms with Crippen molar-refractivity contribution in [3.05, 3.63) is 70.8 Å². The first kappa shape index (κ1) is 25.0. The highest BCUT2D eigenvalue weighted by molar-refractivity contribution is 5.95. The maximum Gasteiger partial charge on any atom is 0.254 e. The van der Waals surface area contributed by atoms with Gasteiger partial charge in [-0.05, 0) is 74.4 Å². The van der Waals surface area contributed by atoms with Gasteiger partial charge in [-0.3, -0.25) is 9.59 Å². The van der Waals surface area contributed by atoms with Crippen LogP contribution in [0, 0.1) is 5.92 Å². The highest BCUT2D eigenvalue weighted by Gasteiger charge is 2.45. The fourth-order valence-electron chi connectivity index (χ4n) is 6.57. The van der Waals surface area contributed by atoms with Gasteiger partial charge in [0.2, 0.25) is 5.91 Å². The molecule has 3 aliphatic heterocycles. The van der Waals surface area contributed by atoms with Crippen LogP contribution in [0.1, 0.15) is 97.9 Å². The minimum absolute atomic E-state index is 0.0251. The van der Waals surface area contributed by atoms with Crippen LogP contribution in [0.2, 0.25) is 0 Å². The number of nitrogens with one attached hydrogen (secondary N) is 1. The molecule has 5 nitrogen and oxygen atoms in total. The first-order valence-electron chi connectivity index (χ1n) is 14.1. The first-order chi connectivity index (χ1) is 17.6. The highest BCUT2D eigenvalue weighted by Crippen LogP contribution is 2.41. The van der Waals surface area contributed by atoms with E-state index < -0.39 is 0 Å². The lowest BCUT2D eigenvalue weighted by Crippen LogP contribution is -2.57. The van der Waals surface area contributed by atoms with Crippen molar-refractivity contribution in [1.29, 1.82) is 0 Å². The number of benzene rings is 2. The van der Waals surface area contributed by atoms with Crippen LogP contribution >= 0.6 is 0 Å². The SMILES string of the molecule is CCCCCCN(C(=O)c1ccc2c(c1)CCN1C(=O)[C@@H]3CCCN[C@@H]3C[C@H]21)[C@H](C)c1ccccc1. The van der Waals surface area contributed by atoms with Gasteiger partial charge in [0.05, 0.1) is 18.0 Å². The number of hydrogen-bond donors (Lipinski definition) is 1. The Hall–Kier alpha value is -2.66. The summed E-state index contributed by atoms with van der Waals surface area (Å²) in [6.45, 7) is 6.90. The van der Waals surface area contributed by atoms with Crippen molar-refractivity contribution in [2.75, 3.05) is 19.6 Å². The fraction of sp³-hybridized carbons (Fsp3) is 0.548. The average Bonchev–Trinajstić information content (AvgIpc) is 2.92. The van der Waals surface area contributed by atoms with Crippen LogP contribution in [0.25, 0.3) is 0 Å². The molecule has 1 N–H and O–H groups in total. The van der Waals surface area contributed by atoms with Crippen LogP contribution in [0.4, 0.5) is 0 Å². The van der Waals surface area contributed by atoms with Gasteiger partial charge in [0, 0.05) is 24.7 Å². The molecule has 0 bridgehead atoms. The number of hydrogen-bond acceptors (Lipinski definition) is 3. The molecule has 0 spiro atoms. The minimum Gasteiger partial charge on any atom is -0.335 e. The molecular weight excluding hydrogens is 446 g/mol. The predicted molar refractivity (Wildman–Crippen MR) is 144 cm³/mol. The fourth-order valence-corrected chi connectivity index (χ4v) is 6.57. The van der Waals surface area contributed by atoms with Crippen LogP contribution in [0.3, 0.4) is 0 Å². The summed E-state index contributed by atoms with van der Waals surface area (Å²) in [4.78, 5) is 31.3. The maximum atomic E-state index is 13.9. The van der Waals surface area contributed by atoms with Crippen molar-refractivity contribution in [2.45, 2.75) is 83.3 Å². The number of amides is 2. The summed E-state index contributed by atoms with van der Waals surface area (Å²) < 4.78 is 0. The lowest BCUT2D eigenvalue weighted by atomic mass is 9.77. The van der Waals surface area contributed by atoms with E-state index >= 15 is 0 Å². The Morgan fingerprint density at radius 1 is 1.14 bits per heavy atom. The summed E-state index contributed by atoms with van der Waals surface area (Å²) in [6.07, 6.45) is 8.46. The molecule has 0 aromatic heterocycles. The highest BCUT2D eigenvalue weighted by atomic mass is 16.2. The van der Waals surface area contributed by atoms with E-state index in [1.807, 2.05) is 24.3 Å². The zero-order valence-corrected chi connectivity index (χ0v) is 21.9. The molecule has 0 aliphatic carbocycles. The third-order valence-electron chi connectivity index (χ3n) is 8.67. The number of fused-ring (bicyclic) bond motifs is 4. The minimum atomic E-state index is 0.0251. The smallest absolute Gasteiger partial charge is 0.254 e. The molecule has 0 unspecified atom stereocenters.